The van der Waals surface area contributed by atoms with Crippen molar-refractivity contribution in [2.75, 3.05) is 25.0 Å². The molecular formula is C15H21FN2O2. The minimum atomic E-state index is -0.845. The smallest absolute Gasteiger partial charge is 0.222 e. The monoisotopic (exact) mass is 280 g/mol. The molecule has 1 heterocycles. The van der Waals surface area contributed by atoms with Crippen molar-refractivity contribution in [3.63, 3.8) is 0 Å². The fraction of sp³-hybridized carbons (Fsp3) is 0.533. The first-order valence-corrected chi connectivity index (χ1v) is 6.97. The van der Waals surface area contributed by atoms with E-state index in [-0.39, 0.29) is 17.6 Å². The molecule has 0 unspecified atom stereocenters. The minimum absolute atomic E-state index is 0.0276. The highest BCUT2D eigenvalue weighted by molar-refractivity contribution is 5.78. The molecule has 1 aliphatic heterocycles. The van der Waals surface area contributed by atoms with Gasteiger partial charge in [0.25, 0.3) is 0 Å². The van der Waals surface area contributed by atoms with Crippen LogP contribution in [0.5, 0.6) is 0 Å². The maximum Gasteiger partial charge on any atom is 0.222 e. The summed E-state index contributed by atoms with van der Waals surface area (Å²) in [4.78, 5) is 13.7. The Morgan fingerprint density at radius 3 is 2.65 bits per heavy atom. The van der Waals surface area contributed by atoms with Gasteiger partial charge in [-0.25, -0.2) is 4.39 Å². The van der Waals surface area contributed by atoms with Gasteiger partial charge in [-0.05, 0) is 31.9 Å². The van der Waals surface area contributed by atoms with Crippen LogP contribution in [0.2, 0.25) is 0 Å². The van der Waals surface area contributed by atoms with Gasteiger partial charge in [-0.15, -0.1) is 0 Å². The highest BCUT2D eigenvalue weighted by atomic mass is 19.1. The fourth-order valence-corrected chi connectivity index (χ4v) is 2.80. The van der Waals surface area contributed by atoms with Gasteiger partial charge in [0.2, 0.25) is 5.91 Å². The number of aliphatic hydroxyl groups excluding tert-OH is 1. The molecule has 0 radical (unpaired) electrons. The zero-order valence-corrected chi connectivity index (χ0v) is 11.9. The number of hydrogen-bond acceptors (Lipinski definition) is 3. The number of nitrogens with zero attached hydrogens (tertiary/aromatic N) is 1. The summed E-state index contributed by atoms with van der Waals surface area (Å²) < 4.78 is 13.9. The summed E-state index contributed by atoms with van der Waals surface area (Å²) in [7, 11) is 1.65. The number of anilines is 1. The highest BCUT2D eigenvalue weighted by Gasteiger charge is 2.26. The number of carbonyl (C=O) groups is 1. The number of carbonyl (C=O) groups excluding carboxylic acids is 1. The predicted octanol–water partition coefficient (Wildman–Crippen LogP) is 1.84. The van der Waals surface area contributed by atoms with Crippen molar-refractivity contribution in [2.24, 2.45) is 5.92 Å². The van der Waals surface area contributed by atoms with Crippen LogP contribution in [0.1, 0.15) is 31.4 Å². The lowest BCUT2D eigenvalue weighted by atomic mass is 9.94. The van der Waals surface area contributed by atoms with Gasteiger partial charge < -0.3 is 15.3 Å². The number of benzene rings is 1. The molecule has 1 aromatic carbocycles. The van der Waals surface area contributed by atoms with Gasteiger partial charge in [-0.1, -0.05) is 6.07 Å². The van der Waals surface area contributed by atoms with Crippen LogP contribution in [0.15, 0.2) is 18.2 Å². The van der Waals surface area contributed by atoms with Gasteiger partial charge in [-0.3, -0.25) is 4.79 Å². The molecule has 0 aliphatic carbocycles. The van der Waals surface area contributed by atoms with E-state index in [1.54, 1.807) is 20.0 Å². The number of amides is 1. The average molecular weight is 280 g/mol. The van der Waals surface area contributed by atoms with Crippen molar-refractivity contribution in [3.05, 3.63) is 29.6 Å². The van der Waals surface area contributed by atoms with E-state index < -0.39 is 6.10 Å². The molecule has 1 amide bonds. The molecule has 5 heteroatoms. The molecule has 0 spiro atoms. The first-order chi connectivity index (χ1) is 9.54. The van der Waals surface area contributed by atoms with E-state index in [1.807, 2.05) is 11.0 Å². The third kappa shape index (κ3) is 2.93. The standard InChI is InChI=1S/C15H21FN2O2/c1-10(19)14-12(16)4-3-5-13(14)18-8-6-11(7-9-18)15(20)17-2/h3-5,10-11,19H,6-9H2,1-2H3,(H,17,20)/t10-/m1/s1. The van der Waals surface area contributed by atoms with Gasteiger partial charge in [0.05, 0.1) is 6.10 Å². The van der Waals surface area contributed by atoms with Crippen LogP contribution >= 0.6 is 0 Å². The van der Waals surface area contributed by atoms with Crippen LogP contribution in [-0.2, 0) is 4.79 Å². The lowest BCUT2D eigenvalue weighted by Gasteiger charge is -2.34. The molecule has 110 valence electrons. The summed E-state index contributed by atoms with van der Waals surface area (Å²) in [6.07, 6.45) is 0.646. The van der Waals surface area contributed by atoms with E-state index in [0.717, 1.165) is 18.5 Å². The number of hydrogen-bond donors (Lipinski definition) is 2. The molecule has 2 rings (SSSR count). The van der Waals surface area contributed by atoms with E-state index >= 15 is 0 Å². The molecule has 0 bridgehead atoms. The van der Waals surface area contributed by atoms with Crippen molar-refractivity contribution in [1.29, 1.82) is 0 Å². The van der Waals surface area contributed by atoms with Crippen molar-refractivity contribution in [3.8, 4) is 0 Å². The summed E-state index contributed by atoms with van der Waals surface area (Å²) in [5.41, 5.74) is 1.07. The molecule has 1 aliphatic rings. The fourth-order valence-electron chi connectivity index (χ4n) is 2.80. The average Bonchev–Trinajstić information content (AvgIpc) is 2.46. The summed E-state index contributed by atoms with van der Waals surface area (Å²) in [5, 5.41) is 12.4. The normalized spacial score (nSPS) is 17.9. The van der Waals surface area contributed by atoms with E-state index in [0.29, 0.717) is 18.7 Å². The maximum atomic E-state index is 13.9. The minimum Gasteiger partial charge on any atom is -0.389 e. The topological polar surface area (TPSA) is 52.6 Å². The van der Waals surface area contributed by atoms with Gasteiger partial charge >= 0.3 is 0 Å². The second-order valence-corrected chi connectivity index (χ2v) is 5.22. The molecule has 1 saturated heterocycles. The molecule has 0 aromatic heterocycles. The van der Waals surface area contributed by atoms with Crippen molar-refractivity contribution in [1.82, 2.24) is 5.32 Å². The van der Waals surface area contributed by atoms with Gasteiger partial charge in [-0.2, -0.15) is 0 Å². The summed E-state index contributed by atoms with van der Waals surface area (Å²) in [6, 6.07) is 4.84. The second-order valence-electron chi connectivity index (χ2n) is 5.22. The molecule has 0 saturated carbocycles. The zero-order chi connectivity index (χ0) is 14.7. The van der Waals surface area contributed by atoms with E-state index in [9.17, 15) is 14.3 Å². The summed E-state index contributed by atoms with van der Waals surface area (Å²) in [6.45, 7) is 2.96. The van der Waals surface area contributed by atoms with Crippen molar-refractivity contribution >= 4 is 11.6 Å². The Balaban J connectivity index is 2.15. The highest BCUT2D eigenvalue weighted by Crippen LogP contribution is 2.31. The lowest BCUT2D eigenvalue weighted by molar-refractivity contribution is -0.125. The molecular weight excluding hydrogens is 259 g/mol. The van der Waals surface area contributed by atoms with Crippen LogP contribution < -0.4 is 10.2 Å². The summed E-state index contributed by atoms with van der Waals surface area (Å²) >= 11 is 0. The Morgan fingerprint density at radius 1 is 1.45 bits per heavy atom. The van der Waals surface area contributed by atoms with Crippen LogP contribution in [0.25, 0.3) is 0 Å². The Morgan fingerprint density at radius 2 is 2.10 bits per heavy atom. The zero-order valence-electron chi connectivity index (χ0n) is 11.9. The third-order valence-electron chi connectivity index (χ3n) is 3.90. The third-order valence-corrected chi connectivity index (χ3v) is 3.90. The Bertz CT molecular complexity index is 483. The number of aliphatic hydroxyl groups is 1. The van der Waals surface area contributed by atoms with E-state index in [2.05, 4.69) is 5.32 Å². The Labute approximate surface area is 118 Å². The van der Waals surface area contributed by atoms with Gasteiger partial charge in [0.1, 0.15) is 5.82 Å². The second kappa shape index (κ2) is 6.22. The molecule has 2 N–H and O–H groups in total. The Kier molecular flexibility index (Phi) is 4.60. The number of rotatable bonds is 3. The number of halogens is 1. The van der Waals surface area contributed by atoms with Crippen molar-refractivity contribution < 1.29 is 14.3 Å². The molecule has 20 heavy (non-hydrogen) atoms. The first kappa shape index (κ1) is 14.8. The Hall–Kier alpha value is -1.62. The molecule has 1 atom stereocenters. The molecule has 4 nitrogen and oxygen atoms in total. The largest absolute Gasteiger partial charge is 0.389 e. The maximum absolute atomic E-state index is 13.9. The molecule has 1 aromatic rings. The predicted molar refractivity (Wildman–Crippen MR) is 76.0 cm³/mol. The number of piperidine rings is 1. The van der Waals surface area contributed by atoms with Crippen molar-refractivity contribution in [2.45, 2.75) is 25.9 Å². The lowest BCUT2D eigenvalue weighted by Crippen LogP contribution is -2.40. The molecule has 1 fully saturated rings. The number of nitrogens with one attached hydrogen (secondary N) is 1. The van der Waals surface area contributed by atoms with Gasteiger partial charge in [0, 0.05) is 37.3 Å². The van der Waals surface area contributed by atoms with Crippen LogP contribution in [0.3, 0.4) is 0 Å². The van der Waals surface area contributed by atoms with E-state index in [1.165, 1.54) is 6.07 Å². The van der Waals surface area contributed by atoms with Crippen LogP contribution in [0, 0.1) is 11.7 Å². The first-order valence-electron chi connectivity index (χ1n) is 6.97. The summed E-state index contributed by atoms with van der Waals surface area (Å²) in [5.74, 6) is -0.287. The van der Waals surface area contributed by atoms with Crippen LogP contribution in [-0.4, -0.2) is 31.2 Å². The van der Waals surface area contributed by atoms with E-state index in [4.69, 9.17) is 0 Å². The quantitative estimate of drug-likeness (QED) is 0.888. The van der Waals surface area contributed by atoms with Gasteiger partial charge in [0.15, 0.2) is 0 Å². The SMILES string of the molecule is CNC(=O)C1CCN(c2cccc(F)c2[C@@H](C)O)CC1. The van der Waals surface area contributed by atoms with Crippen LogP contribution in [0.4, 0.5) is 10.1 Å².